The van der Waals surface area contributed by atoms with Crippen molar-refractivity contribution in [2.75, 3.05) is 24.2 Å². The van der Waals surface area contributed by atoms with Crippen LogP contribution in [-0.4, -0.2) is 30.2 Å². The Bertz CT molecular complexity index is 85.0. The molecule has 0 atom stereocenters. The van der Waals surface area contributed by atoms with Crippen LogP contribution in [0.5, 0.6) is 0 Å². The summed E-state index contributed by atoms with van der Waals surface area (Å²) in [5.74, 6) is 0.325. The highest BCUT2D eigenvalue weighted by molar-refractivity contribution is 8.15. The van der Waals surface area contributed by atoms with Crippen molar-refractivity contribution in [2.24, 2.45) is 0 Å². The molecule has 0 aliphatic heterocycles. The van der Waals surface area contributed by atoms with Crippen molar-refractivity contribution in [1.82, 2.24) is 0 Å². The zero-order valence-electron chi connectivity index (χ0n) is 5.55. The van der Waals surface area contributed by atoms with Crippen LogP contribution in [0.1, 0.15) is 0 Å². The molecule has 0 rings (SSSR count). The topological polar surface area (TPSA) is 26.3 Å². The van der Waals surface area contributed by atoms with Crippen LogP contribution in [0, 0.1) is 0 Å². The summed E-state index contributed by atoms with van der Waals surface area (Å²) in [5, 5.41) is 0.953. The molecule has 54 valence electrons. The molecule has 0 saturated heterocycles. The molecule has 4 heteroatoms. The van der Waals surface area contributed by atoms with Gasteiger partial charge >= 0.3 is 5.97 Å². The zero-order chi connectivity index (χ0) is 7.11. The lowest BCUT2D eigenvalue weighted by atomic mass is 10.8. The smallest absolute Gasteiger partial charge is 0.315 e. The average Bonchev–Trinajstić information content (AvgIpc) is 1.89. The highest BCUT2D eigenvalue weighted by atomic mass is 32.2. The molecule has 0 aliphatic rings. The van der Waals surface area contributed by atoms with Crippen LogP contribution >= 0.6 is 23.5 Å². The van der Waals surface area contributed by atoms with E-state index < -0.39 is 0 Å². The lowest BCUT2D eigenvalue weighted by Gasteiger charge is -1.95. The first-order valence-corrected chi connectivity index (χ1v) is 4.99. The Morgan fingerprint density at radius 1 is 1.67 bits per heavy atom. The molecule has 0 saturated carbocycles. The summed E-state index contributed by atoms with van der Waals surface area (Å²) in [5.41, 5.74) is 0. The van der Waals surface area contributed by atoms with Crippen molar-refractivity contribution in [1.29, 1.82) is 0 Å². The van der Waals surface area contributed by atoms with Crippen LogP contribution in [0.4, 0.5) is 0 Å². The first-order valence-electron chi connectivity index (χ1n) is 2.44. The summed E-state index contributed by atoms with van der Waals surface area (Å²) >= 11 is 3.28. The fourth-order valence-corrected chi connectivity index (χ4v) is 1.55. The fraction of sp³-hybridized carbons (Fsp3) is 0.800. The van der Waals surface area contributed by atoms with Crippen molar-refractivity contribution < 1.29 is 9.53 Å². The molecule has 0 amide bonds. The summed E-state index contributed by atoms with van der Waals surface area (Å²) < 4.78 is 4.43. The number of carbonyl (C=O) groups excluding carboxylic acids is 1. The molecule has 0 N–H and O–H groups in total. The van der Waals surface area contributed by atoms with Gasteiger partial charge in [-0.2, -0.15) is 11.8 Å². The highest BCUT2D eigenvalue weighted by Gasteiger charge is 1.97. The van der Waals surface area contributed by atoms with Gasteiger partial charge in [-0.05, 0) is 6.26 Å². The summed E-state index contributed by atoms with van der Waals surface area (Å²) in [6.07, 6.45) is 2.00. The van der Waals surface area contributed by atoms with Crippen molar-refractivity contribution in [3.05, 3.63) is 0 Å². The number of ether oxygens (including phenoxy) is 1. The average molecular weight is 166 g/mol. The van der Waals surface area contributed by atoms with E-state index in [-0.39, 0.29) is 5.97 Å². The minimum absolute atomic E-state index is 0.144. The minimum Gasteiger partial charge on any atom is -0.468 e. The molecular formula is C5H10O2S2. The third-order valence-corrected chi connectivity index (χ3v) is 2.70. The summed E-state index contributed by atoms with van der Waals surface area (Å²) in [7, 11) is 1.40. The van der Waals surface area contributed by atoms with Gasteiger partial charge < -0.3 is 4.74 Å². The number of hydrogen-bond acceptors (Lipinski definition) is 4. The monoisotopic (exact) mass is 166 g/mol. The Labute approximate surface area is 63.7 Å². The third kappa shape index (κ3) is 6.05. The molecule has 0 aromatic rings. The standard InChI is InChI=1S/C5H10O2S2/c1-7-5(6)3-9-4-8-2/h3-4H2,1-2H3. The van der Waals surface area contributed by atoms with E-state index in [4.69, 9.17) is 0 Å². The Morgan fingerprint density at radius 3 is 2.78 bits per heavy atom. The van der Waals surface area contributed by atoms with E-state index in [1.807, 2.05) is 6.26 Å². The molecule has 0 aromatic heterocycles. The Morgan fingerprint density at radius 2 is 2.33 bits per heavy atom. The molecule has 9 heavy (non-hydrogen) atoms. The van der Waals surface area contributed by atoms with Crippen LogP contribution in [0.15, 0.2) is 0 Å². The predicted molar refractivity (Wildman–Crippen MR) is 42.9 cm³/mol. The van der Waals surface area contributed by atoms with E-state index in [2.05, 4.69) is 4.74 Å². The van der Waals surface area contributed by atoms with Gasteiger partial charge in [0.1, 0.15) is 0 Å². The molecule has 0 unspecified atom stereocenters. The molecule has 0 spiro atoms. The second-order valence-electron chi connectivity index (χ2n) is 1.33. The Hall–Kier alpha value is 0.170. The molecule has 0 fully saturated rings. The van der Waals surface area contributed by atoms with Crippen LogP contribution in [0.25, 0.3) is 0 Å². The summed E-state index contributed by atoms with van der Waals surface area (Å²) in [4.78, 5) is 10.4. The number of thioether (sulfide) groups is 2. The van der Waals surface area contributed by atoms with Crippen LogP contribution in [-0.2, 0) is 9.53 Å². The van der Waals surface area contributed by atoms with Crippen molar-refractivity contribution >= 4 is 29.5 Å². The van der Waals surface area contributed by atoms with Gasteiger partial charge in [-0.1, -0.05) is 0 Å². The number of hydrogen-bond donors (Lipinski definition) is 0. The van der Waals surface area contributed by atoms with Crippen LogP contribution in [0.3, 0.4) is 0 Å². The molecule has 2 nitrogen and oxygen atoms in total. The maximum absolute atomic E-state index is 10.4. The summed E-state index contributed by atoms with van der Waals surface area (Å²) in [6, 6.07) is 0. The van der Waals surface area contributed by atoms with Crippen LogP contribution < -0.4 is 0 Å². The molecule has 0 aliphatic carbocycles. The second kappa shape index (κ2) is 6.29. The molecule has 0 bridgehead atoms. The van der Waals surface area contributed by atoms with Gasteiger partial charge in [0.15, 0.2) is 0 Å². The highest BCUT2D eigenvalue weighted by Crippen LogP contribution is 2.07. The largest absolute Gasteiger partial charge is 0.468 e. The van der Waals surface area contributed by atoms with Gasteiger partial charge in [-0.25, -0.2) is 0 Å². The summed E-state index contributed by atoms with van der Waals surface area (Å²) in [6.45, 7) is 0. The van der Waals surface area contributed by atoms with Gasteiger partial charge in [-0.15, -0.1) is 11.8 Å². The Balaban J connectivity index is 2.97. The van der Waals surface area contributed by atoms with Gasteiger partial charge in [0.25, 0.3) is 0 Å². The molecular weight excluding hydrogens is 156 g/mol. The molecule has 0 aromatic carbocycles. The predicted octanol–water partition coefficient (Wildman–Crippen LogP) is 1.21. The van der Waals surface area contributed by atoms with Gasteiger partial charge in [0, 0.05) is 5.08 Å². The Kier molecular flexibility index (Phi) is 6.41. The minimum atomic E-state index is -0.144. The van der Waals surface area contributed by atoms with Gasteiger partial charge in [0.05, 0.1) is 12.9 Å². The van der Waals surface area contributed by atoms with E-state index in [9.17, 15) is 4.79 Å². The van der Waals surface area contributed by atoms with Crippen molar-refractivity contribution in [3.8, 4) is 0 Å². The van der Waals surface area contributed by atoms with Gasteiger partial charge in [-0.3, -0.25) is 4.79 Å². The first-order chi connectivity index (χ1) is 4.31. The van der Waals surface area contributed by atoms with E-state index in [1.165, 1.54) is 7.11 Å². The van der Waals surface area contributed by atoms with E-state index in [0.717, 1.165) is 5.08 Å². The quantitative estimate of drug-likeness (QED) is 0.356. The lowest BCUT2D eigenvalue weighted by Crippen LogP contribution is -2.02. The number of esters is 1. The third-order valence-electron chi connectivity index (χ3n) is 0.649. The number of carbonyl (C=O) groups is 1. The molecule has 0 heterocycles. The maximum Gasteiger partial charge on any atom is 0.315 e. The van der Waals surface area contributed by atoms with E-state index >= 15 is 0 Å². The second-order valence-corrected chi connectivity index (χ2v) is 3.55. The van der Waals surface area contributed by atoms with Gasteiger partial charge in [0.2, 0.25) is 0 Å². The van der Waals surface area contributed by atoms with E-state index in [1.54, 1.807) is 23.5 Å². The number of methoxy groups -OCH3 is 1. The normalized spacial score (nSPS) is 9.11. The zero-order valence-corrected chi connectivity index (χ0v) is 7.18. The molecule has 0 radical (unpaired) electrons. The number of rotatable bonds is 4. The fourth-order valence-electron chi connectivity index (χ4n) is 0.267. The first kappa shape index (κ1) is 9.17. The lowest BCUT2D eigenvalue weighted by molar-refractivity contribution is -0.137. The van der Waals surface area contributed by atoms with Crippen molar-refractivity contribution in [2.45, 2.75) is 0 Å². The van der Waals surface area contributed by atoms with E-state index in [0.29, 0.717) is 5.75 Å². The SMILES string of the molecule is COC(=O)CSCSC. The van der Waals surface area contributed by atoms with Crippen molar-refractivity contribution in [3.63, 3.8) is 0 Å². The maximum atomic E-state index is 10.4. The van der Waals surface area contributed by atoms with Crippen LogP contribution in [0.2, 0.25) is 0 Å².